The van der Waals surface area contributed by atoms with E-state index in [9.17, 15) is 22.4 Å². The molecule has 142 valence electrons. The molecule has 0 fully saturated rings. The minimum Gasteiger partial charge on any atom is -0.326 e. The molecule has 0 spiro atoms. The van der Waals surface area contributed by atoms with Crippen molar-refractivity contribution in [2.45, 2.75) is 23.1 Å². The molecule has 0 aromatic heterocycles. The Bertz CT molecular complexity index is 1020. The number of carbonyl (C=O) groups excluding carboxylic acids is 2. The van der Waals surface area contributed by atoms with Crippen molar-refractivity contribution in [2.75, 3.05) is 22.1 Å². The molecule has 0 radical (unpaired) electrons. The van der Waals surface area contributed by atoms with E-state index in [-0.39, 0.29) is 28.7 Å². The molecule has 0 saturated carbocycles. The highest BCUT2D eigenvalue weighted by Crippen LogP contribution is 2.33. The molecule has 2 aromatic rings. The number of thioether (sulfide) groups is 1. The van der Waals surface area contributed by atoms with E-state index in [0.717, 1.165) is 0 Å². The zero-order valence-corrected chi connectivity index (χ0v) is 16.0. The first-order valence-corrected chi connectivity index (χ1v) is 10.7. The smallest absolute Gasteiger partial charge is 0.234 e. The Kier molecular flexibility index (Phi) is 5.52. The maximum Gasteiger partial charge on any atom is 0.234 e. The predicted octanol–water partition coefficient (Wildman–Crippen LogP) is 2.98. The summed E-state index contributed by atoms with van der Waals surface area (Å²) in [5.74, 6) is -1.12. The van der Waals surface area contributed by atoms with E-state index in [4.69, 9.17) is 0 Å². The van der Waals surface area contributed by atoms with Crippen LogP contribution in [0.15, 0.2) is 46.2 Å². The summed E-state index contributed by atoms with van der Waals surface area (Å²) in [6, 6.07) is 8.43. The third kappa shape index (κ3) is 4.67. The van der Waals surface area contributed by atoms with Crippen LogP contribution in [0.3, 0.4) is 0 Å². The highest BCUT2D eigenvalue weighted by molar-refractivity contribution is 8.00. The number of amides is 2. The van der Waals surface area contributed by atoms with Crippen molar-refractivity contribution in [1.82, 2.24) is 0 Å². The van der Waals surface area contributed by atoms with Crippen molar-refractivity contribution in [3.05, 3.63) is 47.8 Å². The van der Waals surface area contributed by atoms with Gasteiger partial charge < -0.3 is 10.6 Å². The van der Waals surface area contributed by atoms with E-state index in [2.05, 4.69) is 10.6 Å². The van der Waals surface area contributed by atoms with Gasteiger partial charge >= 0.3 is 0 Å². The number of rotatable bonds is 5. The zero-order chi connectivity index (χ0) is 19.6. The molecule has 0 unspecified atom stereocenters. The van der Waals surface area contributed by atoms with E-state index in [0.29, 0.717) is 21.8 Å². The van der Waals surface area contributed by atoms with Crippen molar-refractivity contribution in [3.63, 3.8) is 0 Å². The van der Waals surface area contributed by atoms with Gasteiger partial charge in [0.15, 0.2) is 9.84 Å². The number of halogens is 1. The molecule has 0 aliphatic carbocycles. The number of sulfone groups is 1. The number of benzene rings is 2. The van der Waals surface area contributed by atoms with E-state index in [1.165, 1.54) is 42.1 Å². The highest BCUT2D eigenvalue weighted by Gasteiger charge is 2.21. The SMILES string of the molecule is Cc1cc(F)ccc1NC(=O)CCS(=O)(=O)c1ccc2c(c1)SCC(=O)N2. The molecule has 2 amide bonds. The molecular weight excluding hydrogens is 391 g/mol. The van der Waals surface area contributed by atoms with Crippen molar-refractivity contribution >= 4 is 44.8 Å². The van der Waals surface area contributed by atoms with Gasteiger partial charge in [0, 0.05) is 17.0 Å². The average molecular weight is 408 g/mol. The Labute approximate surface area is 160 Å². The van der Waals surface area contributed by atoms with Crippen molar-refractivity contribution < 1.29 is 22.4 Å². The van der Waals surface area contributed by atoms with Crippen LogP contribution in [0.5, 0.6) is 0 Å². The molecule has 27 heavy (non-hydrogen) atoms. The van der Waals surface area contributed by atoms with E-state index in [1.807, 2.05) is 0 Å². The van der Waals surface area contributed by atoms with Gasteiger partial charge in [-0.2, -0.15) is 0 Å². The summed E-state index contributed by atoms with van der Waals surface area (Å²) >= 11 is 1.27. The number of hydrogen-bond donors (Lipinski definition) is 2. The third-order valence-corrected chi connectivity index (χ3v) is 6.77. The van der Waals surface area contributed by atoms with Gasteiger partial charge in [0.25, 0.3) is 0 Å². The summed E-state index contributed by atoms with van der Waals surface area (Å²) in [5.41, 5.74) is 1.58. The first-order chi connectivity index (χ1) is 12.7. The Balaban J connectivity index is 1.66. The van der Waals surface area contributed by atoms with Gasteiger partial charge in [0.05, 0.1) is 22.1 Å². The maximum absolute atomic E-state index is 13.1. The minimum absolute atomic E-state index is 0.107. The highest BCUT2D eigenvalue weighted by atomic mass is 32.2. The molecule has 1 heterocycles. The van der Waals surface area contributed by atoms with Crippen LogP contribution >= 0.6 is 11.8 Å². The second-order valence-corrected chi connectivity index (χ2v) is 9.20. The number of carbonyl (C=O) groups is 2. The van der Waals surface area contributed by atoms with Crippen LogP contribution in [0.2, 0.25) is 0 Å². The lowest BCUT2D eigenvalue weighted by Crippen LogP contribution is -2.20. The molecule has 2 N–H and O–H groups in total. The molecule has 2 aromatic carbocycles. The van der Waals surface area contributed by atoms with Gasteiger partial charge in [-0.15, -0.1) is 11.8 Å². The minimum atomic E-state index is -3.66. The lowest BCUT2D eigenvalue weighted by Gasteiger charge is -2.17. The predicted molar refractivity (Wildman–Crippen MR) is 102 cm³/mol. The van der Waals surface area contributed by atoms with E-state index < -0.39 is 21.6 Å². The standard InChI is InChI=1S/C18H17FN2O4S2/c1-11-8-12(19)2-4-14(11)20-17(22)6-7-27(24,25)13-3-5-15-16(9-13)26-10-18(23)21-15/h2-5,8-9H,6-7,10H2,1H3,(H,20,22)(H,21,23). The second kappa shape index (κ2) is 7.69. The van der Waals surface area contributed by atoms with Crippen LogP contribution in [0.1, 0.15) is 12.0 Å². The molecule has 6 nitrogen and oxygen atoms in total. The quantitative estimate of drug-likeness (QED) is 0.794. The number of anilines is 2. The molecule has 0 atom stereocenters. The van der Waals surface area contributed by atoms with Gasteiger partial charge in [-0.3, -0.25) is 9.59 Å². The van der Waals surface area contributed by atoms with Crippen LogP contribution < -0.4 is 10.6 Å². The molecule has 1 aliphatic rings. The summed E-state index contributed by atoms with van der Waals surface area (Å²) in [4.78, 5) is 24.2. The average Bonchev–Trinajstić information content (AvgIpc) is 2.62. The van der Waals surface area contributed by atoms with Crippen LogP contribution in [0.4, 0.5) is 15.8 Å². The fourth-order valence-electron chi connectivity index (χ4n) is 2.57. The van der Waals surface area contributed by atoms with E-state index >= 15 is 0 Å². The normalized spacial score (nSPS) is 13.6. The number of fused-ring (bicyclic) bond motifs is 1. The van der Waals surface area contributed by atoms with Crippen molar-refractivity contribution in [3.8, 4) is 0 Å². The summed E-state index contributed by atoms with van der Waals surface area (Å²) in [5, 5.41) is 5.27. The summed E-state index contributed by atoms with van der Waals surface area (Å²) in [6.07, 6.45) is -0.222. The first kappa shape index (κ1) is 19.4. The summed E-state index contributed by atoms with van der Waals surface area (Å²) in [6.45, 7) is 1.65. The van der Waals surface area contributed by atoms with Gasteiger partial charge in [0.1, 0.15) is 5.82 Å². The fourth-order valence-corrected chi connectivity index (χ4v) is 4.75. The number of nitrogens with one attached hydrogen (secondary N) is 2. The number of hydrogen-bond acceptors (Lipinski definition) is 5. The topological polar surface area (TPSA) is 92.3 Å². The lowest BCUT2D eigenvalue weighted by molar-refractivity contribution is -0.116. The molecule has 3 rings (SSSR count). The van der Waals surface area contributed by atoms with Gasteiger partial charge in [-0.25, -0.2) is 12.8 Å². The van der Waals surface area contributed by atoms with Gasteiger partial charge in [-0.05, 0) is 48.9 Å². The van der Waals surface area contributed by atoms with Crippen LogP contribution in [-0.4, -0.2) is 31.7 Å². The molecule has 0 bridgehead atoms. The monoisotopic (exact) mass is 408 g/mol. The second-order valence-electron chi connectivity index (χ2n) is 6.07. The maximum atomic E-state index is 13.1. The van der Waals surface area contributed by atoms with E-state index in [1.54, 1.807) is 13.0 Å². The molecule has 1 aliphatic heterocycles. The Morgan fingerprint density at radius 2 is 2.04 bits per heavy atom. The van der Waals surface area contributed by atoms with Crippen LogP contribution in [0, 0.1) is 12.7 Å². The van der Waals surface area contributed by atoms with Crippen LogP contribution in [-0.2, 0) is 19.4 Å². The molecule has 9 heteroatoms. The number of aryl methyl sites for hydroxylation is 1. The molecular formula is C18H17FN2O4S2. The van der Waals surface area contributed by atoms with Crippen molar-refractivity contribution in [2.24, 2.45) is 0 Å². The first-order valence-electron chi connectivity index (χ1n) is 8.10. The lowest BCUT2D eigenvalue weighted by atomic mass is 10.2. The molecule has 0 saturated heterocycles. The van der Waals surface area contributed by atoms with Crippen molar-refractivity contribution in [1.29, 1.82) is 0 Å². The zero-order valence-electron chi connectivity index (χ0n) is 14.4. The fraction of sp³-hybridized carbons (Fsp3) is 0.222. The Hall–Kier alpha value is -2.39. The van der Waals surface area contributed by atoms with Gasteiger partial charge in [0.2, 0.25) is 11.8 Å². The summed E-state index contributed by atoms with van der Waals surface area (Å²) in [7, 11) is -3.66. The third-order valence-electron chi connectivity index (χ3n) is 4.01. The van der Waals surface area contributed by atoms with Crippen LogP contribution in [0.25, 0.3) is 0 Å². The Morgan fingerprint density at radius 3 is 2.78 bits per heavy atom. The Morgan fingerprint density at radius 1 is 1.26 bits per heavy atom. The largest absolute Gasteiger partial charge is 0.326 e. The summed E-state index contributed by atoms with van der Waals surface area (Å²) < 4.78 is 38.2. The van der Waals surface area contributed by atoms with Gasteiger partial charge in [-0.1, -0.05) is 0 Å².